The molecule has 1 heterocycles. The number of rotatable bonds is 5. The molecule has 0 radical (unpaired) electrons. The van der Waals surface area contributed by atoms with Crippen molar-refractivity contribution in [3.8, 4) is 0 Å². The van der Waals surface area contributed by atoms with Crippen LogP contribution in [-0.4, -0.2) is 23.1 Å². The van der Waals surface area contributed by atoms with Gasteiger partial charge in [0.25, 0.3) is 10.1 Å². The van der Waals surface area contributed by atoms with Crippen LogP contribution in [0.2, 0.25) is 0 Å². The zero-order valence-corrected chi connectivity index (χ0v) is 15.1. The van der Waals surface area contributed by atoms with Crippen molar-refractivity contribution >= 4 is 26.7 Å². The van der Waals surface area contributed by atoms with Crippen molar-refractivity contribution in [3.05, 3.63) is 65.9 Å². The van der Waals surface area contributed by atoms with Gasteiger partial charge in [0.1, 0.15) is 5.60 Å². The van der Waals surface area contributed by atoms with Crippen molar-refractivity contribution in [2.75, 3.05) is 5.73 Å². The van der Waals surface area contributed by atoms with E-state index in [0.29, 0.717) is 24.2 Å². The van der Waals surface area contributed by atoms with E-state index in [4.69, 9.17) is 10.3 Å². The van der Waals surface area contributed by atoms with Crippen LogP contribution in [0.25, 0.3) is 10.9 Å². The van der Waals surface area contributed by atoms with E-state index < -0.39 is 15.7 Å². The molecule has 0 aliphatic rings. The van der Waals surface area contributed by atoms with Crippen LogP contribution in [0.3, 0.4) is 0 Å². The second-order valence-corrected chi connectivity index (χ2v) is 7.93. The number of pyridine rings is 1. The maximum absolute atomic E-state index is 11.1. The molecule has 0 aliphatic carbocycles. The number of hydrogen-bond acceptors (Lipinski definition) is 5. The molecule has 3 aromatic rings. The lowest BCUT2D eigenvalue weighted by Gasteiger charge is -2.24. The monoisotopic (exact) mass is 372 g/mol. The minimum absolute atomic E-state index is 0.159. The smallest absolute Gasteiger partial charge is 0.294 e. The lowest BCUT2D eigenvalue weighted by Crippen LogP contribution is -2.25. The topological polar surface area (TPSA) is 114 Å². The van der Waals surface area contributed by atoms with Gasteiger partial charge in [-0.3, -0.25) is 4.55 Å². The number of nitrogen functional groups attached to an aromatic ring is 1. The fourth-order valence-electron chi connectivity index (χ4n) is 2.90. The molecule has 4 N–H and O–H groups in total. The second-order valence-electron chi connectivity index (χ2n) is 6.51. The van der Waals surface area contributed by atoms with Gasteiger partial charge in [0.05, 0.1) is 21.8 Å². The first-order valence-corrected chi connectivity index (χ1v) is 9.55. The minimum atomic E-state index is -4.21. The lowest BCUT2D eigenvalue weighted by atomic mass is 9.91. The summed E-state index contributed by atoms with van der Waals surface area (Å²) in [6.45, 7) is 1.66. The molecular formula is C19H20N2O4S. The van der Waals surface area contributed by atoms with Gasteiger partial charge in [-0.2, -0.15) is 8.42 Å². The summed E-state index contributed by atoms with van der Waals surface area (Å²) in [5.41, 5.74) is 7.29. The lowest BCUT2D eigenvalue weighted by molar-refractivity contribution is 0.0447. The Balaban J connectivity index is 1.82. The van der Waals surface area contributed by atoms with Crippen molar-refractivity contribution in [1.29, 1.82) is 0 Å². The highest BCUT2D eigenvalue weighted by Gasteiger charge is 2.27. The minimum Gasteiger partial charge on any atom is -0.397 e. The molecule has 0 saturated heterocycles. The highest BCUT2D eigenvalue weighted by molar-refractivity contribution is 7.85. The van der Waals surface area contributed by atoms with Gasteiger partial charge in [-0.05, 0) is 49.6 Å². The van der Waals surface area contributed by atoms with E-state index in [1.54, 1.807) is 25.1 Å². The summed E-state index contributed by atoms with van der Waals surface area (Å²) in [5, 5.41) is 11.8. The molecule has 1 atom stereocenters. The third-order valence-corrected chi connectivity index (χ3v) is 5.25. The standard InChI is InChI=1S/C19H20N2O4S/c1-19(22,11-10-13-6-8-15(9-7-13)26(23,24)25)18-16(20)12-14-4-2-3-5-17(14)21-18/h2-9,12,22H,10-11,20H2,1H3,(H,23,24,25). The number of aromatic nitrogens is 1. The van der Waals surface area contributed by atoms with Gasteiger partial charge in [0.2, 0.25) is 0 Å². The van der Waals surface area contributed by atoms with Gasteiger partial charge in [0, 0.05) is 5.39 Å². The van der Waals surface area contributed by atoms with Gasteiger partial charge in [-0.15, -0.1) is 0 Å². The number of nitrogens with zero attached hydrogens (tertiary/aromatic N) is 1. The first kappa shape index (κ1) is 18.3. The van der Waals surface area contributed by atoms with Crippen LogP contribution in [0.5, 0.6) is 0 Å². The van der Waals surface area contributed by atoms with Crippen LogP contribution in [0, 0.1) is 0 Å². The quantitative estimate of drug-likeness (QED) is 0.594. The average molecular weight is 372 g/mol. The number of anilines is 1. The zero-order chi connectivity index (χ0) is 18.9. The van der Waals surface area contributed by atoms with E-state index in [1.165, 1.54) is 12.1 Å². The molecule has 136 valence electrons. The Morgan fingerprint density at radius 2 is 1.77 bits per heavy atom. The molecule has 1 unspecified atom stereocenters. The summed E-state index contributed by atoms with van der Waals surface area (Å²) in [6.07, 6.45) is 0.848. The summed E-state index contributed by atoms with van der Waals surface area (Å²) in [5.74, 6) is 0. The van der Waals surface area contributed by atoms with Crippen molar-refractivity contribution in [2.24, 2.45) is 0 Å². The summed E-state index contributed by atoms with van der Waals surface area (Å²) in [4.78, 5) is 4.36. The maximum atomic E-state index is 11.1. The van der Waals surface area contributed by atoms with Crippen molar-refractivity contribution in [3.63, 3.8) is 0 Å². The van der Waals surface area contributed by atoms with Crippen molar-refractivity contribution in [1.82, 2.24) is 4.98 Å². The molecule has 7 heteroatoms. The Kier molecular flexibility index (Phi) is 4.70. The number of fused-ring (bicyclic) bond motifs is 1. The number of benzene rings is 2. The van der Waals surface area contributed by atoms with Crippen molar-refractivity contribution in [2.45, 2.75) is 30.3 Å². The van der Waals surface area contributed by atoms with Crippen LogP contribution in [0.1, 0.15) is 24.6 Å². The fraction of sp³-hybridized carbons (Fsp3) is 0.211. The van der Waals surface area contributed by atoms with E-state index in [1.807, 2.05) is 24.3 Å². The molecule has 3 rings (SSSR count). The van der Waals surface area contributed by atoms with E-state index in [9.17, 15) is 13.5 Å². The van der Waals surface area contributed by atoms with E-state index in [2.05, 4.69) is 4.98 Å². The van der Waals surface area contributed by atoms with Crippen LogP contribution >= 0.6 is 0 Å². The van der Waals surface area contributed by atoms with Gasteiger partial charge < -0.3 is 10.8 Å². The third kappa shape index (κ3) is 3.85. The third-order valence-electron chi connectivity index (χ3n) is 4.39. The Morgan fingerprint density at radius 3 is 2.42 bits per heavy atom. The Morgan fingerprint density at radius 1 is 1.12 bits per heavy atom. The zero-order valence-electron chi connectivity index (χ0n) is 14.3. The van der Waals surface area contributed by atoms with Gasteiger partial charge in [0.15, 0.2) is 0 Å². The van der Waals surface area contributed by atoms with Crippen LogP contribution < -0.4 is 5.73 Å². The van der Waals surface area contributed by atoms with Gasteiger partial charge in [-0.25, -0.2) is 4.98 Å². The Hall–Kier alpha value is -2.48. The Labute approximate surface area is 152 Å². The molecular weight excluding hydrogens is 352 g/mol. The van der Waals surface area contributed by atoms with Crippen LogP contribution in [-0.2, 0) is 22.1 Å². The molecule has 26 heavy (non-hydrogen) atoms. The molecule has 0 aliphatic heterocycles. The maximum Gasteiger partial charge on any atom is 0.294 e. The molecule has 0 fully saturated rings. The molecule has 1 aromatic heterocycles. The van der Waals surface area contributed by atoms with Gasteiger partial charge in [-0.1, -0.05) is 30.3 Å². The largest absolute Gasteiger partial charge is 0.397 e. The first-order chi connectivity index (χ1) is 12.2. The molecule has 0 bridgehead atoms. The van der Waals surface area contributed by atoms with Crippen LogP contribution in [0.4, 0.5) is 5.69 Å². The predicted octanol–water partition coefficient (Wildman–Crippen LogP) is 2.90. The van der Waals surface area contributed by atoms with Gasteiger partial charge >= 0.3 is 0 Å². The van der Waals surface area contributed by atoms with E-state index in [0.717, 1.165) is 16.5 Å². The Bertz CT molecular complexity index is 1040. The van der Waals surface area contributed by atoms with Crippen LogP contribution in [0.15, 0.2) is 59.5 Å². The molecule has 0 spiro atoms. The molecule has 0 amide bonds. The molecule has 0 saturated carbocycles. The number of aliphatic hydroxyl groups is 1. The second kappa shape index (κ2) is 6.68. The first-order valence-electron chi connectivity index (χ1n) is 8.11. The summed E-state index contributed by atoms with van der Waals surface area (Å²) >= 11 is 0. The normalized spacial score (nSPS) is 14.3. The predicted molar refractivity (Wildman–Crippen MR) is 100 cm³/mol. The van der Waals surface area contributed by atoms with E-state index in [-0.39, 0.29) is 4.90 Å². The SMILES string of the molecule is CC(O)(CCc1ccc(S(=O)(=O)O)cc1)c1nc2ccccc2cc1N. The molecule has 6 nitrogen and oxygen atoms in total. The average Bonchev–Trinajstić information content (AvgIpc) is 2.59. The summed E-state index contributed by atoms with van der Waals surface area (Å²) in [6, 6.07) is 15.2. The number of para-hydroxylation sites is 1. The number of nitrogens with two attached hydrogens (primary N) is 1. The van der Waals surface area contributed by atoms with Crippen molar-refractivity contribution < 1.29 is 18.1 Å². The number of hydrogen-bond donors (Lipinski definition) is 3. The highest BCUT2D eigenvalue weighted by Crippen LogP contribution is 2.31. The highest BCUT2D eigenvalue weighted by atomic mass is 32.2. The summed E-state index contributed by atoms with van der Waals surface area (Å²) in [7, 11) is -4.21. The molecule has 2 aromatic carbocycles. The van der Waals surface area contributed by atoms with E-state index >= 15 is 0 Å². The summed E-state index contributed by atoms with van der Waals surface area (Å²) < 4.78 is 31.2. The fourth-order valence-corrected chi connectivity index (χ4v) is 3.38. The number of aryl methyl sites for hydroxylation is 1.